The molecule has 2 heterocycles. The fourth-order valence-corrected chi connectivity index (χ4v) is 3.67. The van der Waals surface area contributed by atoms with Crippen molar-refractivity contribution in [3.63, 3.8) is 0 Å². The Hall–Kier alpha value is -0.940. The highest BCUT2D eigenvalue weighted by molar-refractivity contribution is 7.15. The largest absolute Gasteiger partial charge is 0.383 e. The molecule has 0 unspecified atom stereocenters. The molecule has 0 amide bonds. The number of methoxy groups -OCH3 is 1. The van der Waals surface area contributed by atoms with Gasteiger partial charge in [0.1, 0.15) is 0 Å². The van der Waals surface area contributed by atoms with Crippen molar-refractivity contribution in [1.82, 2.24) is 5.32 Å². The minimum Gasteiger partial charge on any atom is -0.383 e. The first-order valence-electron chi connectivity index (χ1n) is 7.23. The Morgan fingerprint density at radius 2 is 2.24 bits per heavy atom. The first-order chi connectivity index (χ1) is 10.2. The van der Waals surface area contributed by atoms with Gasteiger partial charge in [-0.2, -0.15) is 0 Å². The molecule has 2 rings (SSSR count). The lowest BCUT2D eigenvalue weighted by Gasteiger charge is -2.12. The van der Waals surface area contributed by atoms with E-state index in [4.69, 9.17) is 4.74 Å². The molecule has 0 aromatic carbocycles. The van der Waals surface area contributed by atoms with E-state index >= 15 is 0 Å². The molecule has 114 valence electrons. The smallest absolute Gasteiger partial charge is 0.0587 e. The molecule has 0 aliphatic heterocycles. The van der Waals surface area contributed by atoms with Crippen LogP contribution in [0.15, 0.2) is 34.5 Å². The van der Waals surface area contributed by atoms with Crippen LogP contribution in [0.4, 0.5) is 0 Å². The van der Waals surface area contributed by atoms with E-state index in [0.717, 1.165) is 19.7 Å². The van der Waals surface area contributed by atoms with E-state index in [1.54, 1.807) is 18.4 Å². The molecule has 0 radical (unpaired) electrons. The summed E-state index contributed by atoms with van der Waals surface area (Å²) in [6.45, 7) is 7.07. The van der Waals surface area contributed by atoms with Crippen molar-refractivity contribution in [2.75, 3.05) is 26.8 Å². The predicted octanol–water partition coefficient (Wildman–Crippen LogP) is 4.75. The quantitative estimate of drug-likeness (QED) is 0.708. The van der Waals surface area contributed by atoms with Crippen molar-refractivity contribution < 1.29 is 4.74 Å². The van der Waals surface area contributed by atoms with Crippen LogP contribution in [0.2, 0.25) is 0 Å². The van der Waals surface area contributed by atoms with Crippen molar-refractivity contribution in [2.24, 2.45) is 5.92 Å². The van der Waals surface area contributed by atoms with Gasteiger partial charge in [-0.15, -0.1) is 22.7 Å². The zero-order chi connectivity index (χ0) is 15.1. The lowest BCUT2D eigenvalue weighted by Crippen LogP contribution is -2.23. The Bertz CT molecular complexity index is 555. The average Bonchev–Trinajstić information content (AvgIpc) is 3.12. The van der Waals surface area contributed by atoms with Crippen molar-refractivity contribution in [1.29, 1.82) is 0 Å². The van der Waals surface area contributed by atoms with Gasteiger partial charge >= 0.3 is 0 Å². The van der Waals surface area contributed by atoms with Gasteiger partial charge in [-0.25, -0.2) is 0 Å². The van der Waals surface area contributed by atoms with Crippen LogP contribution in [0.5, 0.6) is 0 Å². The van der Waals surface area contributed by atoms with E-state index in [1.807, 2.05) is 11.3 Å². The maximum atomic E-state index is 5.07. The number of hydrogen-bond donors (Lipinski definition) is 1. The number of thiophene rings is 2. The van der Waals surface area contributed by atoms with Gasteiger partial charge < -0.3 is 10.1 Å². The fraction of sp³-hybridized carbons (Fsp3) is 0.412. The predicted molar refractivity (Wildman–Crippen MR) is 95.2 cm³/mol. The van der Waals surface area contributed by atoms with Gasteiger partial charge in [0.2, 0.25) is 0 Å². The summed E-state index contributed by atoms with van der Waals surface area (Å²) < 4.78 is 5.07. The normalized spacial score (nSPS) is 12.3. The van der Waals surface area contributed by atoms with E-state index in [0.29, 0.717) is 5.92 Å². The highest BCUT2D eigenvalue weighted by Gasteiger charge is 2.06. The van der Waals surface area contributed by atoms with Gasteiger partial charge in [0.05, 0.1) is 6.61 Å². The standard InChI is InChI=1S/C17H23NOS2/c1-13(2)14(11-18-6-7-19-3)9-16-10-15(12-21-16)17-5-4-8-20-17/h4-5,8-10,12-13,18H,6-7,11H2,1-3H3. The molecule has 2 nitrogen and oxygen atoms in total. The van der Waals surface area contributed by atoms with Crippen LogP contribution in [0.25, 0.3) is 16.5 Å². The maximum absolute atomic E-state index is 5.07. The Labute approximate surface area is 135 Å². The Balaban J connectivity index is 2.04. The molecule has 21 heavy (non-hydrogen) atoms. The highest BCUT2D eigenvalue weighted by atomic mass is 32.1. The fourth-order valence-electron chi connectivity index (χ4n) is 2.01. The van der Waals surface area contributed by atoms with Crippen molar-refractivity contribution in [2.45, 2.75) is 13.8 Å². The molecule has 0 saturated heterocycles. The summed E-state index contributed by atoms with van der Waals surface area (Å²) in [7, 11) is 1.73. The number of ether oxygens (including phenoxy) is 1. The summed E-state index contributed by atoms with van der Waals surface area (Å²) in [6.07, 6.45) is 2.33. The second-order valence-corrected chi connectivity index (χ2v) is 7.15. The lowest BCUT2D eigenvalue weighted by molar-refractivity contribution is 0.200. The molecule has 0 saturated carbocycles. The summed E-state index contributed by atoms with van der Waals surface area (Å²) >= 11 is 3.61. The van der Waals surface area contributed by atoms with Crippen LogP contribution < -0.4 is 5.32 Å². The summed E-state index contributed by atoms with van der Waals surface area (Å²) in [5, 5.41) is 7.81. The second-order valence-electron chi connectivity index (χ2n) is 5.26. The van der Waals surface area contributed by atoms with Crippen molar-refractivity contribution in [3.05, 3.63) is 39.4 Å². The Morgan fingerprint density at radius 3 is 2.90 bits per heavy atom. The topological polar surface area (TPSA) is 21.3 Å². The molecule has 0 fully saturated rings. The summed E-state index contributed by atoms with van der Waals surface area (Å²) in [5.74, 6) is 0.548. The van der Waals surface area contributed by atoms with E-state index in [9.17, 15) is 0 Å². The first-order valence-corrected chi connectivity index (χ1v) is 8.99. The zero-order valence-electron chi connectivity index (χ0n) is 12.9. The molecule has 0 spiro atoms. The maximum Gasteiger partial charge on any atom is 0.0587 e. The summed E-state index contributed by atoms with van der Waals surface area (Å²) in [4.78, 5) is 2.67. The second kappa shape index (κ2) is 8.49. The van der Waals surface area contributed by atoms with E-state index in [1.165, 1.54) is 20.9 Å². The minimum atomic E-state index is 0.548. The van der Waals surface area contributed by atoms with Gasteiger partial charge in [0.15, 0.2) is 0 Å². The molecular formula is C17H23NOS2. The lowest BCUT2D eigenvalue weighted by atomic mass is 10.0. The Kier molecular flexibility index (Phi) is 6.64. The van der Waals surface area contributed by atoms with Crippen LogP contribution in [0.1, 0.15) is 18.7 Å². The number of hydrogen-bond acceptors (Lipinski definition) is 4. The van der Waals surface area contributed by atoms with E-state index in [2.05, 4.69) is 54.2 Å². The molecule has 2 aromatic heterocycles. The minimum absolute atomic E-state index is 0.548. The number of nitrogens with one attached hydrogen (secondary N) is 1. The molecule has 0 aliphatic rings. The molecule has 0 aliphatic carbocycles. The van der Waals surface area contributed by atoms with Crippen molar-refractivity contribution >= 4 is 28.7 Å². The third kappa shape index (κ3) is 5.08. The van der Waals surface area contributed by atoms with Gasteiger partial charge in [-0.05, 0) is 34.9 Å². The third-order valence-corrected chi connectivity index (χ3v) is 5.11. The zero-order valence-corrected chi connectivity index (χ0v) is 14.5. The third-order valence-electron chi connectivity index (χ3n) is 3.31. The molecule has 0 atom stereocenters. The SMILES string of the molecule is COCCNCC(=Cc1cc(-c2cccs2)cs1)C(C)C. The van der Waals surface area contributed by atoms with E-state index in [-0.39, 0.29) is 0 Å². The summed E-state index contributed by atoms with van der Waals surface area (Å²) in [5.41, 5.74) is 2.77. The van der Waals surface area contributed by atoms with Gasteiger partial charge in [-0.3, -0.25) is 0 Å². The van der Waals surface area contributed by atoms with Gasteiger partial charge in [0.25, 0.3) is 0 Å². The Morgan fingerprint density at radius 1 is 1.38 bits per heavy atom. The van der Waals surface area contributed by atoms with Gasteiger partial charge in [0, 0.05) is 35.5 Å². The summed E-state index contributed by atoms with van der Waals surface area (Å²) in [6, 6.07) is 6.57. The first kappa shape index (κ1) is 16.4. The van der Waals surface area contributed by atoms with E-state index < -0.39 is 0 Å². The van der Waals surface area contributed by atoms with Crippen LogP contribution in [0.3, 0.4) is 0 Å². The molecular weight excluding hydrogens is 298 g/mol. The molecule has 1 N–H and O–H groups in total. The van der Waals surface area contributed by atoms with Crippen LogP contribution in [-0.4, -0.2) is 26.8 Å². The van der Waals surface area contributed by atoms with Crippen LogP contribution >= 0.6 is 22.7 Å². The average molecular weight is 322 g/mol. The monoisotopic (exact) mass is 321 g/mol. The molecule has 0 bridgehead atoms. The molecule has 4 heteroatoms. The molecule has 2 aromatic rings. The highest BCUT2D eigenvalue weighted by Crippen LogP contribution is 2.30. The van der Waals surface area contributed by atoms with Crippen LogP contribution in [0, 0.1) is 5.92 Å². The van der Waals surface area contributed by atoms with Crippen molar-refractivity contribution in [3.8, 4) is 10.4 Å². The van der Waals surface area contributed by atoms with Gasteiger partial charge in [-0.1, -0.05) is 25.5 Å². The van der Waals surface area contributed by atoms with Crippen LogP contribution in [-0.2, 0) is 4.74 Å². The number of rotatable bonds is 8.